The molecule has 0 saturated carbocycles. The van der Waals surface area contributed by atoms with Crippen LogP contribution in [0.25, 0.3) is 0 Å². The van der Waals surface area contributed by atoms with Crippen LogP contribution in [0.5, 0.6) is 0 Å². The third kappa shape index (κ3) is 7.02. The van der Waals surface area contributed by atoms with Crippen molar-refractivity contribution in [2.24, 2.45) is 0 Å². The minimum Gasteiger partial charge on any atom is -0.390 e. The summed E-state index contributed by atoms with van der Waals surface area (Å²) in [6.07, 6.45) is 1.30. The standard InChI is InChI=1S/C8H16O5S/c1-3-4-5-13-6-8(9)7-14(10,11)12-2/h3,8-9H,1,4-7H2,2H3. The Morgan fingerprint density at radius 2 is 2.21 bits per heavy atom. The molecule has 0 radical (unpaired) electrons. The summed E-state index contributed by atoms with van der Waals surface area (Å²) in [5.74, 6) is -0.447. The Balaban J connectivity index is 3.65. The van der Waals surface area contributed by atoms with Crippen molar-refractivity contribution in [2.75, 3.05) is 26.1 Å². The Morgan fingerprint density at radius 3 is 2.71 bits per heavy atom. The number of hydrogen-bond donors (Lipinski definition) is 1. The van der Waals surface area contributed by atoms with Crippen molar-refractivity contribution in [2.45, 2.75) is 12.5 Å². The Labute approximate surface area is 84.5 Å². The van der Waals surface area contributed by atoms with Gasteiger partial charge in [-0.2, -0.15) is 8.42 Å². The largest absolute Gasteiger partial charge is 0.390 e. The van der Waals surface area contributed by atoms with Crippen molar-refractivity contribution in [3.63, 3.8) is 0 Å². The molecule has 14 heavy (non-hydrogen) atoms. The van der Waals surface area contributed by atoms with Crippen LogP contribution in [0.2, 0.25) is 0 Å². The molecule has 0 heterocycles. The van der Waals surface area contributed by atoms with E-state index in [9.17, 15) is 13.5 Å². The molecule has 0 fully saturated rings. The van der Waals surface area contributed by atoms with Gasteiger partial charge < -0.3 is 9.84 Å². The van der Waals surface area contributed by atoms with Gasteiger partial charge >= 0.3 is 0 Å². The highest BCUT2D eigenvalue weighted by Gasteiger charge is 2.16. The molecule has 0 aromatic rings. The first kappa shape index (κ1) is 13.6. The van der Waals surface area contributed by atoms with E-state index in [0.29, 0.717) is 13.0 Å². The molecule has 0 aromatic carbocycles. The summed E-state index contributed by atoms with van der Waals surface area (Å²) < 4.78 is 30.9. The lowest BCUT2D eigenvalue weighted by molar-refractivity contribution is 0.0491. The highest BCUT2D eigenvalue weighted by Crippen LogP contribution is 1.96. The van der Waals surface area contributed by atoms with Crippen molar-refractivity contribution < 1.29 is 22.4 Å². The van der Waals surface area contributed by atoms with E-state index in [4.69, 9.17) is 4.74 Å². The highest BCUT2D eigenvalue weighted by atomic mass is 32.2. The second-order valence-corrected chi connectivity index (χ2v) is 4.48. The van der Waals surface area contributed by atoms with E-state index >= 15 is 0 Å². The van der Waals surface area contributed by atoms with Gasteiger partial charge in [-0.15, -0.1) is 6.58 Å². The SMILES string of the molecule is C=CCCOCC(O)CS(=O)(=O)OC. The first-order chi connectivity index (χ1) is 6.52. The molecular formula is C8H16O5S. The lowest BCUT2D eigenvalue weighted by Crippen LogP contribution is -2.26. The molecule has 0 aliphatic heterocycles. The van der Waals surface area contributed by atoms with Crippen LogP contribution in [0.15, 0.2) is 12.7 Å². The van der Waals surface area contributed by atoms with Crippen molar-refractivity contribution in [1.82, 2.24) is 0 Å². The molecular weight excluding hydrogens is 208 g/mol. The average molecular weight is 224 g/mol. The van der Waals surface area contributed by atoms with Crippen LogP contribution in [0.3, 0.4) is 0 Å². The molecule has 84 valence electrons. The molecule has 0 saturated heterocycles. The fraction of sp³-hybridized carbons (Fsp3) is 0.750. The molecule has 1 unspecified atom stereocenters. The minimum absolute atomic E-state index is 0.0174. The van der Waals surface area contributed by atoms with E-state index in [0.717, 1.165) is 7.11 Å². The Kier molecular flexibility index (Phi) is 6.73. The molecule has 0 amide bonds. The third-order valence-corrected chi connectivity index (χ3v) is 2.73. The Hall–Kier alpha value is -0.430. The fourth-order valence-electron chi connectivity index (χ4n) is 0.738. The van der Waals surface area contributed by atoms with E-state index in [1.165, 1.54) is 0 Å². The van der Waals surface area contributed by atoms with Crippen LogP contribution in [0.4, 0.5) is 0 Å². The topological polar surface area (TPSA) is 72.8 Å². The van der Waals surface area contributed by atoms with Crippen molar-refractivity contribution in [1.29, 1.82) is 0 Å². The zero-order chi connectivity index (χ0) is 11.0. The smallest absolute Gasteiger partial charge is 0.269 e. The van der Waals surface area contributed by atoms with E-state index in [2.05, 4.69) is 10.8 Å². The summed E-state index contributed by atoms with van der Waals surface area (Å²) in [5, 5.41) is 9.21. The normalized spacial score (nSPS) is 13.9. The third-order valence-electron chi connectivity index (χ3n) is 1.43. The van der Waals surface area contributed by atoms with E-state index in [-0.39, 0.29) is 6.61 Å². The van der Waals surface area contributed by atoms with Crippen LogP contribution >= 0.6 is 0 Å². The maximum atomic E-state index is 10.8. The number of aliphatic hydroxyl groups is 1. The lowest BCUT2D eigenvalue weighted by Gasteiger charge is -2.09. The molecule has 0 aliphatic rings. The van der Waals surface area contributed by atoms with Gasteiger partial charge in [0, 0.05) is 0 Å². The summed E-state index contributed by atoms with van der Waals surface area (Å²) in [6, 6.07) is 0. The second-order valence-electron chi connectivity index (χ2n) is 2.70. The quantitative estimate of drug-likeness (QED) is 0.354. The van der Waals surface area contributed by atoms with Crippen LogP contribution in [0, 0.1) is 0 Å². The molecule has 1 N–H and O–H groups in total. The number of aliphatic hydroxyl groups excluding tert-OH is 1. The number of ether oxygens (including phenoxy) is 1. The molecule has 0 aromatic heterocycles. The predicted octanol–water partition coefficient (Wildman–Crippen LogP) is -0.0838. The highest BCUT2D eigenvalue weighted by molar-refractivity contribution is 7.86. The maximum absolute atomic E-state index is 10.8. The second kappa shape index (κ2) is 6.94. The molecule has 0 spiro atoms. The van der Waals surface area contributed by atoms with Crippen LogP contribution < -0.4 is 0 Å². The van der Waals surface area contributed by atoms with Gasteiger partial charge in [0.2, 0.25) is 0 Å². The number of hydrogen-bond acceptors (Lipinski definition) is 5. The zero-order valence-corrected chi connectivity index (χ0v) is 9.00. The van der Waals surface area contributed by atoms with E-state index in [1.54, 1.807) is 6.08 Å². The van der Waals surface area contributed by atoms with Gasteiger partial charge in [0.1, 0.15) is 5.75 Å². The molecule has 0 rings (SSSR count). The van der Waals surface area contributed by atoms with Crippen LogP contribution in [-0.2, 0) is 19.0 Å². The van der Waals surface area contributed by atoms with Gasteiger partial charge in [-0.1, -0.05) is 6.08 Å². The summed E-state index contributed by atoms with van der Waals surface area (Å²) in [4.78, 5) is 0. The van der Waals surface area contributed by atoms with Crippen LogP contribution in [0.1, 0.15) is 6.42 Å². The van der Waals surface area contributed by atoms with Gasteiger partial charge in [-0.05, 0) is 6.42 Å². The fourth-order valence-corrected chi connectivity index (χ4v) is 1.44. The summed E-state index contributed by atoms with van der Waals surface area (Å²) in [5.41, 5.74) is 0. The van der Waals surface area contributed by atoms with Crippen molar-refractivity contribution >= 4 is 10.1 Å². The van der Waals surface area contributed by atoms with E-state index < -0.39 is 22.0 Å². The molecule has 5 nitrogen and oxygen atoms in total. The molecule has 1 atom stereocenters. The Bertz CT molecular complexity index is 246. The molecule has 0 aliphatic carbocycles. The first-order valence-electron chi connectivity index (χ1n) is 4.17. The van der Waals surface area contributed by atoms with Gasteiger partial charge in [-0.25, -0.2) is 0 Å². The van der Waals surface area contributed by atoms with Gasteiger partial charge in [0.25, 0.3) is 10.1 Å². The first-order valence-corrected chi connectivity index (χ1v) is 5.74. The minimum atomic E-state index is -3.61. The average Bonchev–Trinajstić information content (AvgIpc) is 2.12. The monoisotopic (exact) mass is 224 g/mol. The summed E-state index contributed by atoms with van der Waals surface area (Å²) in [7, 11) is -2.56. The maximum Gasteiger partial charge on any atom is 0.269 e. The summed E-state index contributed by atoms with van der Waals surface area (Å²) >= 11 is 0. The Morgan fingerprint density at radius 1 is 1.57 bits per heavy atom. The predicted molar refractivity (Wildman–Crippen MR) is 52.4 cm³/mol. The molecule has 0 bridgehead atoms. The van der Waals surface area contributed by atoms with Gasteiger partial charge in [-0.3, -0.25) is 4.18 Å². The van der Waals surface area contributed by atoms with Crippen molar-refractivity contribution in [3.05, 3.63) is 12.7 Å². The molecule has 6 heteroatoms. The lowest BCUT2D eigenvalue weighted by atomic mass is 10.4. The van der Waals surface area contributed by atoms with Crippen molar-refractivity contribution in [3.8, 4) is 0 Å². The van der Waals surface area contributed by atoms with E-state index in [1.807, 2.05) is 0 Å². The van der Waals surface area contributed by atoms with Gasteiger partial charge in [0.05, 0.1) is 26.4 Å². The van der Waals surface area contributed by atoms with Crippen LogP contribution in [-0.4, -0.2) is 45.7 Å². The summed E-state index contributed by atoms with van der Waals surface area (Å²) in [6.45, 7) is 3.90. The zero-order valence-electron chi connectivity index (χ0n) is 8.18. The number of rotatable bonds is 8. The van der Waals surface area contributed by atoms with Gasteiger partial charge in [0.15, 0.2) is 0 Å².